The molecular weight excluding hydrogens is 459 g/mol. The topological polar surface area (TPSA) is 131 Å². The monoisotopic (exact) mass is 475 g/mol. The van der Waals surface area contributed by atoms with Gasteiger partial charge in [0.05, 0.1) is 13.7 Å². The van der Waals surface area contributed by atoms with Gasteiger partial charge in [-0.25, -0.2) is 9.37 Å². The summed E-state index contributed by atoms with van der Waals surface area (Å²) < 4.78 is 52.5. The largest absolute Gasteiger partial charge is 0.327 e. The van der Waals surface area contributed by atoms with E-state index in [1.165, 1.54) is 12.1 Å². The highest BCUT2D eigenvalue weighted by Crippen LogP contribution is 2.30. The number of fused-ring (bicyclic) bond motifs is 1. The molecule has 0 aliphatic carbocycles. The van der Waals surface area contributed by atoms with Gasteiger partial charge in [-0.05, 0) is 54.3 Å². The maximum absolute atomic E-state index is 13.3. The lowest BCUT2D eigenvalue weighted by atomic mass is 10.1. The summed E-state index contributed by atoms with van der Waals surface area (Å²) in [4.78, 5) is 18.5. The van der Waals surface area contributed by atoms with Crippen LogP contribution in [0.15, 0.2) is 24.2 Å². The van der Waals surface area contributed by atoms with E-state index in [1.807, 2.05) is 11.5 Å². The molecule has 0 saturated carbocycles. The van der Waals surface area contributed by atoms with Gasteiger partial charge in [0, 0.05) is 18.7 Å². The zero-order valence-corrected chi connectivity index (χ0v) is 18.0. The van der Waals surface area contributed by atoms with E-state index in [-0.39, 0.29) is 28.8 Å². The molecule has 2 aromatic heterocycles. The number of rotatable bonds is 2. The van der Waals surface area contributed by atoms with Crippen molar-refractivity contribution in [2.24, 2.45) is 0 Å². The van der Waals surface area contributed by atoms with Gasteiger partial charge in [-0.2, -0.15) is 12.8 Å². The quantitative estimate of drug-likeness (QED) is 0.558. The average molecular weight is 476 g/mol. The van der Waals surface area contributed by atoms with Crippen LogP contribution in [-0.2, 0) is 16.7 Å². The van der Waals surface area contributed by atoms with Crippen LogP contribution in [0.3, 0.4) is 0 Å². The zero-order chi connectivity index (χ0) is 22.9. The Hall–Kier alpha value is -2.48. The third kappa shape index (κ3) is 5.16. The van der Waals surface area contributed by atoms with Crippen LogP contribution in [0.25, 0.3) is 10.8 Å². The Morgan fingerprint density at radius 1 is 1.37 bits per heavy atom. The molecule has 4 rings (SSSR count). The molecular formula is C16H16ClFN6O4S2. The van der Waals surface area contributed by atoms with Crippen molar-refractivity contribution in [2.45, 2.75) is 19.5 Å². The Labute approximate surface area is 181 Å². The first-order valence-electron chi connectivity index (χ1n) is 8.88. The molecule has 1 aliphatic heterocycles. The van der Waals surface area contributed by atoms with Gasteiger partial charge in [0.1, 0.15) is 5.82 Å². The van der Waals surface area contributed by atoms with E-state index in [9.17, 15) is 17.6 Å². The van der Waals surface area contributed by atoms with Crippen molar-refractivity contribution >= 4 is 39.2 Å². The molecule has 1 atom stereocenters. The summed E-state index contributed by atoms with van der Waals surface area (Å²) in [6, 6.07) is 3.11. The fourth-order valence-corrected chi connectivity index (χ4v) is 3.62. The molecule has 1 aromatic carbocycles. The first-order valence-corrected chi connectivity index (χ1v) is 11.4. The summed E-state index contributed by atoms with van der Waals surface area (Å²) in [5.41, 5.74) is 0.271. The van der Waals surface area contributed by atoms with Crippen molar-refractivity contribution in [3.8, 4) is 10.8 Å². The third-order valence-electron chi connectivity index (χ3n) is 4.06. The van der Waals surface area contributed by atoms with Crippen LogP contribution in [0.4, 0.5) is 4.39 Å². The summed E-state index contributed by atoms with van der Waals surface area (Å²) in [6.07, 6.45) is 0.715. The lowest BCUT2D eigenvalue weighted by Gasteiger charge is -2.33. The zero-order valence-electron chi connectivity index (χ0n) is 16.7. The minimum Gasteiger partial charge on any atom is -0.327 e. The number of aromatic nitrogens is 5. The van der Waals surface area contributed by atoms with E-state index >= 15 is 0 Å². The Bertz CT molecular complexity index is 1230. The first-order chi connectivity index (χ1) is 14.5. The summed E-state index contributed by atoms with van der Waals surface area (Å²) in [5, 5.41) is 9.09. The van der Waals surface area contributed by atoms with Gasteiger partial charge in [-0.1, -0.05) is 0 Å². The van der Waals surface area contributed by atoms with Gasteiger partial charge >= 0.3 is 0 Å². The van der Waals surface area contributed by atoms with Crippen LogP contribution in [0.1, 0.15) is 30.5 Å². The molecule has 30 heavy (non-hydrogen) atoms. The van der Waals surface area contributed by atoms with Gasteiger partial charge in [-0.3, -0.25) is 9.35 Å². The predicted molar refractivity (Wildman–Crippen MR) is 107 cm³/mol. The summed E-state index contributed by atoms with van der Waals surface area (Å²) in [6.45, 7) is 2.76. The van der Waals surface area contributed by atoms with Gasteiger partial charge in [-0.15, -0.1) is 10.2 Å². The second-order valence-electron chi connectivity index (χ2n) is 6.23. The summed E-state index contributed by atoms with van der Waals surface area (Å²) >= 11 is 6.92. The highest BCUT2D eigenvalue weighted by molar-refractivity contribution is 7.85. The van der Waals surface area contributed by atoms with Gasteiger partial charge in [0.2, 0.25) is 5.28 Å². The van der Waals surface area contributed by atoms with Gasteiger partial charge in [0.15, 0.2) is 16.7 Å². The van der Waals surface area contributed by atoms with Crippen LogP contribution in [-0.4, -0.2) is 60.7 Å². The number of amides is 1. The molecule has 0 unspecified atom stereocenters. The predicted octanol–water partition coefficient (Wildman–Crippen LogP) is 2.31. The Morgan fingerprint density at radius 2 is 2.07 bits per heavy atom. The minimum atomic E-state index is -3.67. The lowest BCUT2D eigenvalue weighted by molar-refractivity contribution is 0.0638. The lowest BCUT2D eigenvalue weighted by Crippen LogP contribution is -2.41. The second kappa shape index (κ2) is 8.71. The van der Waals surface area contributed by atoms with Crippen molar-refractivity contribution in [3.05, 3.63) is 46.7 Å². The molecule has 0 spiro atoms. The smallest absolute Gasteiger partial charge is 0.261 e. The number of hydrogen-bond acceptors (Lipinski definition) is 8. The minimum absolute atomic E-state index is 0.158. The molecule has 14 heteroatoms. The van der Waals surface area contributed by atoms with Gasteiger partial charge in [0.25, 0.3) is 16.0 Å². The van der Waals surface area contributed by atoms with Crippen molar-refractivity contribution in [2.75, 3.05) is 12.8 Å². The molecule has 0 saturated heterocycles. The summed E-state index contributed by atoms with van der Waals surface area (Å²) in [5.74, 6) is 0.256. The molecule has 1 N–H and O–H groups in total. The number of hydrogen-bond donors (Lipinski definition) is 1. The molecule has 3 aromatic rings. The molecule has 3 heterocycles. The molecule has 0 radical (unpaired) electrons. The number of nitrogens with zero attached hydrogens (tertiary/aromatic N) is 6. The third-order valence-corrected chi connectivity index (χ3v) is 5.04. The SMILES string of the molecule is CS(=O)(=O)O.[2H]c1cc(C(=O)N2CCn3c(-c4nc(Cl)ns4)nnc3[C@H]2C)ccc1F. The Kier molecular flexibility index (Phi) is 6.04. The molecule has 0 bridgehead atoms. The normalized spacial score (nSPS) is 16.4. The maximum atomic E-state index is 13.3. The van der Waals surface area contributed by atoms with Crippen molar-refractivity contribution in [1.29, 1.82) is 0 Å². The first kappa shape index (κ1) is 20.8. The number of benzene rings is 1. The molecule has 1 amide bonds. The number of carbonyl (C=O) groups is 1. The van der Waals surface area contributed by atoms with Crippen LogP contribution in [0.5, 0.6) is 0 Å². The molecule has 1 aliphatic rings. The highest BCUT2D eigenvalue weighted by atomic mass is 35.5. The average Bonchev–Trinajstić information content (AvgIpc) is 3.29. The fourth-order valence-electron chi connectivity index (χ4n) is 2.82. The van der Waals surface area contributed by atoms with E-state index < -0.39 is 15.9 Å². The van der Waals surface area contributed by atoms with Gasteiger partial charge < -0.3 is 9.47 Å². The standard InChI is InChI=1S/C15H12ClFN6OS.CH4O3S/c1-8-11-19-20-12(13-18-15(16)21-25-13)23(11)7-6-22(8)14(24)9-2-4-10(17)5-3-9;1-5(2,3)4/h2-5,8H,6-7H2,1H3;1H3,(H,2,3,4)/t8-;/m1./s1/i4D;. The van der Waals surface area contributed by atoms with Crippen molar-refractivity contribution < 1.29 is 23.5 Å². The highest BCUT2D eigenvalue weighted by Gasteiger charge is 2.32. The number of halogens is 2. The van der Waals surface area contributed by atoms with E-state index in [0.717, 1.165) is 17.6 Å². The Balaban J connectivity index is 0.000000491. The van der Waals surface area contributed by atoms with E-state index in [1.54, 1.807) is 4.90 Å². The van der Waals surface area contributed by atoms with E-state index in [0.29, 0.717) is 36.0 Å². The van der Waals surface area contributed by atoms with E-state index in [4.69, 9.17) is 17.5 Å². The van der Waals surface area contributed by atoms with Crippen LogP contribution in [0, 0.1) is 5.82 Å². The number of carbonyl (C=O) groups excluding carboxylic acids is 1. The molecule has 10 nitrogen and oxygen atoms in total. The van der Waals surface area contributed by atoms with Crippen molar-refractivity contribution in [1.82, 2.24) is 29.0 Å². The van der Waals surface area contributed by atoms with Crippen LogP contribution < -0.4 is 0 Å². The van der Waals surface area contributed by atoms with Crippen LogP contribution in [0.2, 0.25) is 5.28 Å². The van der Waals surface area contributed by atoms with Crippen LogP contribution >= 0.6 is 23.1 Å². The fraction of sp³-hybridized carbons (Fsp3) is 0.312. The summed E-state index contributed by atoms with van der Waals surface area (Å²) in [7, 11) is -3.67. The Morgan fingerprint density at radius 3 is 2.67 bits per heavy atom. The molecule has 160 valence electrons. The maximum Gasteiger partial charge on any atom is 0.261 e. The van der Waals surface area contributed by atoms with E-state index in [2.05, 4.69) is 19.6 Å². The molecule has 0 fully saturated rings. The van der Waals surface area contributed by atoms with Crippen molar-refractivity contribution in [3.63, 3.8) is 0 Å². The second-order valence-corrected chi connectivity index (χ2v) is 8.79.